The highest BCUT2D eigenvalue weighted by Gasteiger charge is 2.27. The van der Waals surface area contributed by atoms with E-state index in [1.807, 2.05) is 45.2 Å². The van der Waals surface area contributed by atoms with Crippen LogP contribution in [0.1, 0.15) is 32.8 Å². The van der Waals surface area contributed by atoms with Crippen molar-refractivity contribution in [2.45, 2.75) is 40.2 Å². The lowest BCUT2D eigenvalue weighted by Gasteiger charge is -2.31. The molecule has 0 aliphatic heterocycles. The standard InChI is InChI=1S/C17H28N2O2/c1-6-14(21-15-10-8-7-9-13(15)2)16(20)19(5)12-17(3,4)11-18/h7-10,14H,6,11-12,18H2,1-5H3. The van der Waals surface area contributed by atoms with Gasteiger partial charge in [-0.3, -0.25) is 4.79 Å². The first-order valence-electron chi connectivity index (χ1n) is 7.48. The van der Waals surface area contributed by atoms with Gasteiger partial charge in [-0.15, -0.1) is 0 Å². The second-order valence-corrected chi connectivity index (χ2v) is 6.34. The second-order valence-electron chi connectivity index (χ2n) is 6.34. The van der Waals surface area contributed by atoms with E-state index in [0.29, 0.717) is 19.5 Å². The molecule has 1 aromatic carbocycles. The highest BCUT2D eigenvalue weighted by atomic mass is 16.5. The van der Waals surface area contributed by atoms with Crippen LogP contribution in [0.2, 0.25) is 0 Å². The maximum atomic E-state index is 12.5. The number of benzene rings is 1. The van der Waals surface area contributed by atoms with Gasteiger partial charge in [-0.25, -0.2) is 0 Å². The Kier molecular flexibility index (Phi) is 6.21. The van der Waals surface area contributed by atoms with Crippen molar-refractivity contribution < 1.29 is 9.53 Å². The smallest absolute Gasteiger partial charge is 0.263 e. The molecule has 0 aliphatic carbocycles. The zero-order valence-electron chi connectivity index (χ0n) is 13.8. The van der Waals surface area contributed by atoms with Gasteiger partial charge in [-0.1, -0.05) is 39.0 Å². The van der Waals surface area contributed by atoms with Gasteiger partial charge in [-0.05, 0) is 36.9 Å². The number of hydrogen-bond acceptors (Lipinski definition) is 3. The van der Waals surface area contributed by atoms with E-state index in [1.54, 1.807) is 4.90 Å². The SMILES string of the molecule is CCC(Oc1ccccc1C)C(=O)N(C)CC(C)(C)CN. The lowest BCUT2D eigenvalue weighted by atomic mass is 9.93. The van der Waals surface area contributed by atoms with E-state index in [9.17, 15) is 4.79 Å². The number of carbonyl (C=O) groups is 1. The van der Waals surface area contributed by atoms with Gasteiger partial charge in [-0.2, -0.15) is 0 Å². The number of amides is 1. The van der Waals surface area contributed by atoms with Crippen LogP contribution in [0.25, 0.3) is 0 Å². The van der Waals surface area contributed by atoms with Gasteiger partial charge in [0.1, 0.15) is 5.75 Å². The number of para-hydroxylation sites is 1. The summed E-state index contributed by atoms with van der Waals surface area (Å²) in [6, 6.07) is 7.75. The molecule has 0 heterocycles. The molecule has 4 heteroatoms. The van der Waals surface area contributed by atoms with Gasteiger partial charge in [0, 0.05) is 13.6 Å². The first kappa shape index (κ1) is 17.5. The molecule has 0 spiro atoms. The van der Waals surface area contributed by atoms with E-state index < -0.39 is 6.10 Å². The van der Waals surface area contributed by atoms with Gasteiger partial charge in [0.2, 0.25) is 0 Å². The minimum absolute atomic E-state index is 0.00211. The van der Waals surface area contributed by atoms with Crippen molar-refractivity contribution in [3.8, 4) is 5.75 Å². The number of ether oxygens (including phenoxy) is 1. The van der Waals surface area contributed by atoms with E-state index in [4.69, 9.17) is 10.5 Å². The van der Waals surface area contributed by atoms with Crippen LogP contribution in [0, 0.1) is 12.3 Å². The Labute approximate surface area is 128 Å². The molecule has 118 valence electrons. The Bertz CT molecular complexity index is 472. The Morgan fingerprint density at radius 1 is 1.38 bits per heavy atom. The fourth-order valence-electron chi connectivity index (χ4n) is 2.18. The van der Waals surface area contributed by atoms with Crippen LogP contribution in [0.4, 0.5) is 0 Å². The third-order valence-electron chi connectivity index (χ3n) is 3.60. The molecule has 1 amide bonds. The summed E-state index contributed by atoms with van der Waals surface area (Å²) in [5, 5.41) is 0. The molecule has 1 aromatic rings. The maximum absolute atomic E-state index is 12.5. The molecular weight excluding hydrogens is 264 g/mol. The normalized spacial score (nSPS) is 12.9. The molecule has 0 fully saturated rings. The van der Waals surface area contributed by atoms with Gasteiger partial charge in [0.25, 0.3) is 5.91 Å². The summed E-state index contributed by atoms with van der Waals surface area (Å²) in [4.78, 5) is 14.3. The predicted molar refractivity (Wildman–Crippen MR) is 86.4 cm³/mol. The van der Waals surface area contributed by atoms with Crippen molar-refractivity contribution in [1.82, 2.24) is 4.90 Å². The van der Waals surface area contributed by atoms with Crippen molar-refractivity contribution in [3.05, 3.63) is 29.8 Å². The Balaban J connectivity index is 2.76. The molecule has 1 unspecified atom stereocenters. The molecule has 1 rings (SSSR count). The molecule has 1 atom stereocenters. The molecular formula is C17H28N2O2. The summed E-state index contributed by atoms with van der Waals surface area (Å²) in [6.07, 6.45) is 0.185. The van der Waals surface area contributed by atoms with Crippen molar-refractivity contribution in [2.75, 3.05) is 20.1 Å². The molecule has 21 heavy (non-hydrogen) atoms. The topological polar surface area (TPSA) is 55.6 Å². The van der Waals surface area contributed by atoms with Crippen LogP contribution in [0.15, 0.2) is 24.3 Å². The van der Waals surface area contributed by atoms with Crippen LogP contribution >= 0.6 is 0 Å². The average Bonchev–Trinajstić information content (AvgIpc) is 2.45. The van der Waals surface area contributed by atoms with Gasteiger partial charge >= 0.3 is 0 Å². The third kappa shape index (κ3) is 5.05. The van der Waals surface area contributed by atoms with Crippen molar-refractivity contribution >= 4 is 5.91 Å². The number of rotatable bonds is 7. The molecule has 4 nitrogen and oxygen atoms in total. The van der Waals surface area contributed by atoms with E-state index >= 15 is 0 Å². The molecule has 0 aliphatic rings. The van der Waals surface area contributed by atoms with Gasteiger partial charge in [0.05, 0.1) is 0 Å². The number of likely N-dealkylation sites (N-methyl/N-ethyl adjacent to an activating group) is 1. The molecule has 0 bridgehead atoms. The van der Waals surface area contributed by atoms with Gasteiger partial charge in [0.15, 0.2) is 6.10 Å². The lowest BCUT2D eigenvalue weighted by Crippen LogP contribution is -2.45. The monoisotopic (exact) mass is 292 g/mol. The first-order chi connectivity index (χ1) is 9.80. The highest BCUT2D eigenvalue weighted by molar-refractivity contribution is 5.81. The van der Waals surface area contributed by atoms with Gasteiger partial charge < -0.3 is 15.4 Å². The number of carbonyl (C=O) groups excluding carboxylic acids is 1. The summed E-state index contributed by atoms with van der Waals surface area (Å²) in [7, 11) is 1.81. The fraction of sp³-hybridized carbons (Fsp3) is 0.588. The number of nitrogens with two attached hydrogens (primary N) is 1. The van der Waals surface area contributed by atoms with Crippen molar-refractivity contribution in [1.29, 1.82) is 0 Å². The number of hydrogen-bond donors (Lipinski definition) is 1. The third-order valence-corrected chi connectivity index (χ3v) is 3.60. The number of nitrogens with zero attached hydrogens (tertiary/aromatic N) is 1. The zero-order valence-corrected chi connectivity index (χ0v) is 13.8. The van der Waals surface area contributed by atoms with Crippen LogP contribution in [0.3, 0.4) is 0 Å². The van der Waals surface area contributed by atoms with Crippen LogP contribution in [-0.4, -0.2) is 37.0 Å². The van der Waals surface area contributed by atoms with E-state index in [-0.39, 0.29) is 11.3 Å². The Hall–Kier alpha value is -1.55. The van der Waals surface area contributed by atoms with Crippen LogP contribution < -0.4 is 10.5 Å². The number of aryl methyl sites for hydroxylation is 1. The Morgan fingerprint density at radius 2 is 2.00 bits per heavy atom. The van der Waals surface area contributed by atoms with Crippen molar-refractivity contribution in [2.24, 2.45) is 11.1 Å². The highest BCUT2D eigenvalue weighted by Crippen LogP contribution is 2.20. The molecule has 2 N–H and O–H groups in total. The summed E-state index contributed by atoms with van der Waals surface area (Å²) < 4.78 is 5.90. The molecule has 0 saturated heterocycles. The van der Waals surface area contributed by atoms with E-state index in [2.05, 4.69) is 13.8 Å². The second kappa shape index (κ2) is 7.46. The zero-order chi connectivity index (χ0) is 16.0. The lowest BCUT2D eigenvalue weighted by molar-refractivity contribution is -0.138. The van der Waals surface area contributed by atoms with E-state index in [1.165, 1.54) is 0 Å². The van der Waals surface area contributed by atoms with Crippen LogP contribution in [-0.2, 0) is 4.79 Å². The average molecular weight is 292 g/mol. The summed E-state index contributed by atoms with van der Waals surface area (Å²) in [6.45, 7) is 9.21. The van der Waals surface area contributed by atoms with Crippen LogP contribution in [0.5, 0.6) is 5.75 Å². The first-order valence-corrected chi connectivity index (χ1v) is 7.48. The summed E-state index contributed by atoms with van der Waals surface area (Å²) >= 11 is 0. The predicted octanol–water partition coefficient (Wildman–Crippen LogP) is 2.60. The van der Waals surface area contributed by atoms with E-state index in [0.717, 1.165) is 11.3 Å². The minimum Gasteiger partial charge on any atom is -0.480 e. The summed E-state index contributed by atoms with van der Waals surface area (Å²) in [5.74, 6) is 0.770. The molecule has 0 aromatic heterocycles. The minimum atomic E-state index is -0.454. The molecule has 0 radical (unpaired) electrons. The summed E-state index contributed by atoms with van der Waals surface area (Å²) in [5.41, 5.74) is 6.68. The van der Waals surface area contributed by atoms with Crippen molar-refractivity contribution in [3.63, 3.8) is 0 Å². The quantitative estimate of drug-likeness (QED) is 0.840. The maximum Gasteiger partial charge on any atom is 0.263 e. The fourth-order valence-corrected chi connectivity index (χ4v) is 2.18. The molecule has 0 saturated carbocycles. The largest absolute Gasteiger partial charge is 0.480 e. The Morgan fingerprint density at radius 3 is 2.52 bits per heavy atom.